The number of halogens is 1. The van der Waals surface area contributed by atoms with Gasteiger partial charge in [-0.05, 0) is 74.1 Å². The Kier molecular flexibility index (Phi) is 5.07. The zero-order valence-corrected chi connectivity index (χ0v) is 15.1. The lowest BCUT2D eigenvalue weighted by Crippen LogP contribution is -2.40. The van der Waals surface area contributed by atoms with Crippen LogP contribution in [-0.4, -0.2) is 18.4 Å². The van der Waals surface area contributed by atoms with Crippen molar-refractivity contribution in [3.05, 3.63) is 65.0 Å². The van der Waals surface area contributed by atoms with Crippen molar-refractivity contribution in [2.45, 2.75) is 33.1 Å². The van der Waals surface area contributed by atoms with Gasteiger partial charge in [-0.3, -0.25) is 9.59 Å². The van der Waals surface area contributed by atoms with Gasteiger partial charge in [0.25, 0.3) is 0 Å². The van der Waals surface area contributed by atoms with Crippen LogP contribution in [0.15, 0.2) is 42.5 Å². The highest BCUT2D eigenvalue weighted by Gasteiger charge is 2.56. The number of nitrogens with one attached hydrogen (secondary N) is 2. The van der Waals surface area contributed by atoms with Crippen molar-refractivity contribution in [1.82, 2.24) is 5.32 Å². The van der Waals surface area contributed by atoms with Gasteiger partial charge in [0, 0.05) is 12.2 Å². The first-order valence-electron chi connectivity index (χ1n) is 8.82. The zero-order chi connectivity index (χ0) is 18.7. The van der Waals surface area contributed by atoms with Crippen LogP contribution in [0.1, 0.15) is 29.5 Å². The second kappa shape index (κ2) is 7.28. The molecule has 0 heterocycles. The van der Waals surface area contributed by atoms with Crippen molar-refractivity contribution in [3.63, 3.8) is 0 Å². The molecule has 4 nitrogen and oxygen atoms in total. The minimum absolute atomic E-state index is 0.235. The van der Waals surface area contributed by atoms with E-state index in [0.717, 1.165) is 16.7 Å². The summed E-state index contributed by atoms with van der Waals surface area (Å²) >= 11 is 0. The van der Waals surface area contributed by atoms with Crippen molar-refractivity contribution in [2.24, 2.45) is 5.41 Å². The Morgan fingerprint density at radius 1 is 1.00 bits per heavy atom. The Morgan fingerprint density at radius 2 is 1.69 bits per heavy atom. The Bertz CT molecular complexity index is 826. The highest BCUT2D eigenvalue weighted by molar-refractivity contribution is 6.13. The standard InChI is InChI=1S/C21H23FN2O2/c1-14-3-8-18(13-15(14)2)24-20(26)21(10-11-21)19(25)23-12-9-16-4-6-17(22)7-5-16/h3-8,13H,9-12H2,1-2H3,(H,23,25)(H,24,26). The topological polar surface area (TPSA) is 58.2 Å². The smallest absolute Gasteiger partial charge is 0.240 e. The summed E-state index contributed by atoms with van der Waals surface area (Å²) < 4.78 is 12.9. The van der Waals surface area contributed by atoms with Crippen LogP contribution in [0.5, 0.6) is 0 Å². The van der Waals surface area contributed by atoms with Crippen LogP contribution in [0, 0.1) is 25.1 Å². The van der Waals surface area contributed by atoms with Crippen LogP contribution in [0.25, 0.3) is 0 Å². The third kappa shape index (κ3) is 3.93. The summed E-state index contributed by atoms with van der Waals surface area (Å²) in [7, 11) is 0. The molecule has 0 bridgehead atoms. The van der Waals surface area contributed by atoms with Gasteiger partial charge in [0.2, 0.25) is 11.8 Å². The van der Waals surface area contributed by atoms with E-state index in [9.17, 15) is 14.0 Å². The fourth-order valence-electron chi connectivity index (χ4n) is 2.89. The lowest BCUT2D eigenvalue weighted by Gasteiger charge is -2.16. The SMILES string of the molecule is Cc1ccc(NC(=O)C2(C(=O)NCCc3ccc(F)cc3)CC2)cc1C. The van der Waals surface area contributed by atoms with E-state index < -0.39 is 5.41 Å². The van der Waals surface area contributed by atoms with Gasteiger partial charge in [-0.2, -0.15) is 0 Å². The largest absolute Gasteiger partial charge is 0.355 e. The normalized spacial score (nSPS) is 14.6. The summed E-state index contributed by atoms with van der Waals surface area (Å²) in [5, 5.41) is 5.71. The van der Waals surface area contributed by atoms with Gasteiger partial charge < -0.3 is 10.6 Å². The molecule has 2 amide bonds. The second-order valence-electron chi connectivity index (χ2n) is 6.97. The summed E-state index contributed by atoms with van der Waals surface area (Å²) in [5.74, 6) is -0.765. The molecule has 2 N–H and O–H groups in total. The predicted molar refractivity (Wildman–Crippen MR) is 99.3 cm³/mol. The molecule has 2 aromatic carbocycles. The molecule has 1 aliphatic carbocycles. The lowest BCUT2D eigenvalue weighted by molar-refractivity contribution is -0.134. The van der Waals surface area contributed by atoms with Crippen molar-refractivity contribution in [2.75, 3.05) is 11.9 Å². The number of anilines is 1. The molecule has 0 aliphatic heterocycles. The maximum atomic E-state index is 12.9. The Morgan fingerprint density at radius 3 is 2.31 bits per heavy atom. The quantitative estimate of drug-likeness (QED) is 0.780. The van der Waals surface area contributed by atoms with Crippen LogP contribution < -0.4 is 10.6 Å². The molecular weight excluding hydrogens is 331 g/mol. The van der Waals surface area contributed by atoms with E-state index in [0.29, 0.717) is 31.5 Å². The molecule has 0 atom stereocenters. The van der Waals surface area contributed by atoms with Gasteiger partial charge in [-0.15, -0.1) is 0 Å². The average molecular weight is 354 g/mol. The van der Waals surface area contributed by atoms with Crippen molar-refractivity contribution < 1.29 is 14.0 Å². The van der Waals surface area contributed by atoms with E-state index >= 15 is 0 Å². The Hall–Kier alpha value is -2.69. The fraction of sp³-hybridized carbons (Fsp3) is 0.333. The first kappa shape index (κ1) is 18.1. The number of rotatable bonds is 6. The van der Waals surface area contributed by atoms with E-state index in [-0.39, 0.29) is 17.6 Å². The molecule has 0 aromatic heterocycles. The van der Waals surface area contributed by atoms with Gasteiger partial charge in [0.15, 0.2) is 0 Å². The first-order valence-corrected chi connectivity index (χ1v) is 8.82. The summed E-state index contributed by atoms with van der Waals surface area (Å²) in [5.41, 5.74) is 2.94. The summed E-state index contributed by atoms with van der Waals surface area (Å²) in [6.45, 7) is 4.42. The van der Waals surface area contributed by atoms with Gasteiger partial charge in [0.1, 0.15) is 11.2 Å². The monoisotopic (exact) mass is 354 g/mol. The third-order valence-electron chi connectivity index (χ3n) is 5.00. The van der Waals surface area contributed by atoms with Gasteiger partial charge in [-0.25, -0.2) is 4.39 Å². The number of hydrogen-bond donors (Lipinski definition) is 2. The van der Waals surface area contributed by atoms with E-state index in [4.69, 9.17) is 0 Å². The van der Waals surface area contributed by atoms with Crippen LogP contribution in [0.3, 0.4) is 0 Å². The molecule has 136 valence electrons. The van der Waals surface area contributed by atoms with Crippen LogP contribution in [0.4, 0.5) is 10.1 Å². The maximum absolute atomic E-state index is 12.9. The molecule has 0 radical (unpaired) electrons. The number of aryl methyl sites for hydroxylation is 2. The second-order valence-corrected chi connectivity index (χ2v) is 6.97. The molecule has 1 fully saturated rings. The van der Waals surface area contributed by atoms with Gasteiger partial charge in [0.05, 0.1) is 0 Å². The van der Waals surface area contributed by atoms with Crippen molar-refractivity contribution >= 4 is 17.5 Å². The highest BCUT2D eigenvalue weighted by atomic mass is 19.1. The maximum Gasteiger partial charge on any atom is 0.240 e. The molecule has 1 saturated carbocycles. The molecule has 26 heavy (non-hydrogen) atoms. The Balaban J connectivity index is 1.55. The van der Waals surface area contributed by atoms with Crippen LogP contribution >= 0.6 is 0 Å². The number of amides is 2. The minimum atomic E-state index is -0.957. The number of benzene rings is 2. The molecule has 1 aliphatic rings. The van der Waals surface area contributed by atoms with Crippen LogP contribution in [0.2, 0.25) is 0 Å². The molecule has 3 rings (SSSR count). The summed E-state index contributed by atoms with van der Waals surface area (Å²) in [6.07, 6.45) is 1.72. The molecular formula is C21H23FN2O2. The van der Waals surface area contributed by atoms with Crippen molar-refractivity contribution in [3.8, 4) is 0 Å². The van der Waals surface area contributed by atoms with Gasteiger partial charge >= 0.3 is 0 Å². The molecule has 5 heteroatoms. The van der Waals surface area contributed by atoms with E-state index in [2.05, 4.69) is 10.6 Å². The zero-order valence-electron chi connectivity index (χ0n) is 15.1. The average Bonchev–Trinajstić information content (AvgIpc) is 3.42. The van der Waals surface area contributed by atoms with Gasteiger partial charge in [-0.1, -0.05) is 18.2 Å². The third-order valence-corrected chi connectivity index (χ3v) is 5.00. The van der Waals surface area contributed by atoms with Crippen LogP contribution in [-0.2, 0) is 16.0 Å². The van der Waals surface area contributed by atoms with E-state index in [1.54, 1.807) is 12.1 Å². The first-order chi connectivity index (χ1) is 12.4. The minimum Gasteiger partial charge on any atom is -0.355 e. The number of carbonyl (C=O) groups is 2. The lowest BCUT2D eigenvalue weighted by atomic mass is 10.0. The summed E-state index contributed by atoms with van der Waals surface area (Å²) in [4.78, 5) is 25.1. The predicted octanol–water partition coefficient (Wildman–Crippen LogP) is 3.52. The number of carbonyl (C=O) groups excluding carboxylic acids is 2. The molecule has 0 saturated heterocycles. The molecule has 0 unspecified atom stereocenters. The highest BCUT2D eigenvalue weighted by Crippen LogP contribution is 2.46. The number of hydrogen-bond acceptors (Lipinski definition) is 2. The Labute approximate surface area is 152 Å². The van der Waals surface area contributed by atoms with E-state index in [1.807, 2.05) is 32.0 Å². The van der Waals surface area contributed by atoms with Crippen molar-refractivity contribution in [1.29, 1.82) is 0 Å². The van der Waals surface area contributed by atoms with E-state index in [1.165, 1.54) is 12.1 Å². The summed E-state index contributed by atoms with van der Waals surface area (Å²) in [6, 6.07) is 11.9. The molecule has 2 aromatic rings. The fourth-order valence-corrected chi connectivity index (χ4v) is 2.89. The molecule has 0 spiro atoms.